The van der Waals surface area contributed by atoms with Crippen LogP contribution in [0.25, 0.3) is 0 Å². The van der Waals surface area contributed by atoms with Crippen LogP contribution in [0.3, 0.4) is 0 Å². The lowest BCUT2D eigenvalue weighted by atomic mass is 9.88. The number of rotatable bonds is 5. The van der Waals surface area contributed by atoms with Gasteiger partial charge in [0.25, 0.3) is 5.91 Å². The van der Waals surface area contributed by atoms with Crippen molar-refractivity contribution in [2.75, 3.05) is 20.2 Å². The first-order valence-electron chi connectivity index (χ1n) is 9.38. The van der Waals surface area contributed by atoms with Crippen molar-refractivity contribution in [2.45, 2.75) is 25.8 Å². The fourth-order valence-electron chi connectivity index (χ4n) is 3.64. The summed E-state index contributed by atoms with van der Waals surface area (Å²) < 4.78 is 19.0. The van der Waals surface area contributed by atoms with Gasteiger partial charge in [0.05, 0.1) is 13.0 Å². The Morgan fingerprint density at radius 2 is 1.89 bits per heavy atom. The Kier molecular flexibility index (Phi) is 5.97. The van der Waals surface area contributed by atoms with E-state index in [1.807, 2.05) is 19.9 Å². The third-order valence-corrected chi connectivity index (χ3v) is 4.97. The first-order valence-corrected chi connectivity index (χ1v) is 9.38. The zero-order valence-electron chi connectivity index (χ0n) is 16.3. The van der Waals surface area contributed by atoms with Gasteiger partial charge in [-0.15, -0.1) is 0 Å². The van der Waals surface area contributed by atoms with Crippen LogP contribution in [0.1, 0.15) is 35.7 Å². The zero-order valence-corrected chi connectivity index (χ0v) is 16.3. The van der Waals surface area contributed by atoms with Gasteiger partial charge in [-0.2, -0.15) is 0 Å². The van der Waals surface area contributed by atoms with E-state index < -0.39 is 5.92 Å². The van der Waals surface area contributed by atoms with Crippen LogP contribution in [-0.4, -0.2) is 43.0 Å². The molecule has 148 valence electrons. The quantitative estimate of drug-likeness (QED) is 0.861. The summed E-state index contributed by atoms with van der Waals surface area (Å²) in [4.78, 5) is 27.4. The van der Waals surface area contributed by atoms with Crippen molar-refractivity contribution >= 4 is 11.8 Å². The summed E-state index contributed by atoms with van der Waals surface area (Å²) in [5, 5.41) is 2.93. The fraction of sp³-hybridized carbons (Fsp3) is 0.364. The first kappa shape index (κ1) is 19.9. The summed E-state index contributed by atoms with van der Waals surface area (Å²) in [6, 6.07) is 13.2. The Hall–Kier alpha value is -2.89. The van der Waals surface area contributed by atoms with Crippen molar-refractivity contribution in [3.05, 3.63) is 65.5 Å². The van der Waals surface area contributed by atoms with Gasteiger partial charge >= 0.3 is 0 Å². The minimum absolute atomic E-state index is 0.0104. The molecule has 5 nitrogen and oxygen atoms in total. The van der Waals surface area contributed by atoms with Gasteiger partial charge in [-0.3, -0.25) is 9.59 Å². The second kappa shape index (κ2) is 8.42. The number of carbonyl (C=O) groups is 2. The fourth-order valence-corrected chi connectivity index (χ4v) is 3.64. The Morgan fingerprint density at radius 1 is 1.14 bits per heavy atom. The number of amides is 2. The molecule has 3 rings (SSSR count). The highest BCUT2D eigenvalue weighted by Crippen LogP contribution is 2.34. The number of halogens is 1. The van der Waals surface area contributed by atoms with E-state index in [4.69, 9.17) is 4.74 Å². The lowest BCUT2D eigenvalue weighted by Gasteiger charge is -2.19. The molecule has 6 heteroatoms. The Morgan fingerprint density at radius 3 is 2.57 bits per heavy atom. The van der Waals surface area contributed by atoms with E-state index in [2.05, 4.69) is 5.32 Å². The second-order valence-electron chi connectivity index (χ2n) is 7.37. The van der Waals surface area contributed by atoms with E-state index in [-0.39, 0.29) is 36.1 Å². The lowest BCUT2D eigenvalue weighted by Crippen LogP contribution is -2.39. The third-order valence-electron chi connectivity index (χ3n) is 4.97. The van der Waals surface area contributed by atoms with Crippen molar-refractivity contribution < 1.29 is 18.7 Å². The molecule has 0 aromatic heterocycles. The van der Waals surface area contributed by atoms with Crippen LogP contribution in [0.2, 0.25) is 0 Å². The molecule has 0 saturated carbocycles. The molecule has 2 unspecified atom stereocenters. The number of methoxy groups -OCH3 is 1. The van der Waals surface area contributed by atoms with E-state index in [0.717, 1.165) is 5.56 Å². The number of nitrogens with one attached hydrogen (secondary N) is 1. The molecule has 0 radical (unpaired) electrons. The van der Waals surface area contributed by atoms with Crippen LogP contribution in [0.15, 0.2) is 48.5 Å². The Labute approximate surface area is 164 Å². The normalized spacial score (nSPS) is 19.0. The van der Waals surface area contributed by atoms with E-state index >= 15 is 0 Å². The van der Waals surface area contributed by atoms with Crippen molar-refractivity contribution in [1.29, 1.82) is 0 Å². The topological polar surface area (TPSA) is 58.6 Å². The van der Waals surface area contributed by atoms with Crippen LogP contribution < -0.4 is 10.1 Å². The summed E-state index contributed by atoms with van der Waals surface area (Å²) >= 11 is 0. The lowest BCUT2D eigenvalue weighted by molar-refractivity contribution is -0.125. The third kappa shape index (κ3) is 4.32. The molecular weight excluding hydrogens is 359 g/mol. The van der Waals surface area contributed by atoms with Crippen molar-refractivity contribution in [2.24, 2.45) is 5.92 Å². The molecule has 28 heavy (non-hydrogen) atoms. The van der Waals surface area contributed by atoms with Crippen molar-refractivity contribution in [3.63, 3.8) is 0 Å². The molecule has 1 heterocycles. The van der Waals surface area contributed by atoms with Crippen LogP contribution in [0.4, 0.5) is 4.39 Å². The highest BCUT2D eigenvalue weighted by molar-refractivity contribution is 5.95. The molecule has 1 aliphatic heterocycles. The van der Waals surface area contributed by atoms with E-state index in [0.29, 0.717) is 17.9 Å². The van der Waals surface area contributed by atoms with E-state index in [1.54, 1.807) is 42.3 Å². The Balaban J connectivity index is 1.88. The average molecular weight is 384 g/mol. The number of benzene rings is 2. The number of hydrogen-bond donors (Lipinski definition) is 1. The van der Waals surface area contributed by atoms with Crippen molar-refractivity contribution in [1.82, 2.24) is 10.2 Å². The molecule has 1 N–H and O–H groups in total. The maximum absolute atomic E-state index is 13.8. The molecular formula is C22H25FN2O3. The summed E-state index contributed by atoms with van der Waals surface area (Å²) in [6.45, 7) is 4.43. The van der Waals surface area contributed by atoms with E-state index in [1.165, 1.54) is 12.1 Å². The predicted molar refractivity (Wildman–Crippen MR) is 105 cm³/mol. The summed E-state index contributed by atoms with van der Waals surface area (Å²) in [6.07, 6.45) is 0. The predicted octanol–water partition coefficient (Wildman–Crippen LogP) is 3.21. The number of ether oxygens (including phenoxy) is 1. The average Bonchev–Trinajstić information content (AvgIpc) is 3.12. The van der Waals surface area contributed by atoms with Crippen LogP contribution in [0.5, 0.6) is 5.75 Å². The van der Waals surface area contributed by atoms with Gasteiger partial charge in [0.15, 0.2) is 0 Å². The second-order valence-corrected chi connectivity index (χ2v) is 7.37. The monoisotopic (exact) mass is 384 g/mol. The van der Waals surface area contributed by atoms with E-state index in [9.17, 15) is 14.0 Å². The molecule has 0 bridgehead atoms. The Bertz CT molecular complexity index is 868. The standard InChI is InChI=1S/C22H25FN2O3/c1-14(2)24-21(26)20-13-25(12-19(20)15-6-4-8-17(23)10-15)22(27)16-7-5-9-18(11-16)28-3/h4-11,14,19-20H,12-13H2,1-3H3,(H,24,26). The molecule has 2 atom stereocenters. The molecule has 2 amide bonds. The van der Waals surface area contributed by atoms with Crippen LogP contribution >= 0.6 is 0 Å². The van der Waals surface area contributed by atoms with Crippen LogP contribution in [0, 0.1) is 11.7 Å². The van der Waals surface area contributed by atoms with Crippen LogP contribution in [-0.2, 0) is 4.79 Å². The first-order chi connectivity index (χ1) is 13.4. The summed E-state index contributed by atoms with van der Waals surface area (Å²) in [5.41, 5.74) is 1.23. The highest BCUT2D eigenvalue weighted by atomic mass is 19.1. The smallest absolute Gasteiger partial charge is 0.254 e. The summed E-state index contributed by atoms with van der Waals surface area (Å²) in [7, 11) is 1.55. The molecule has 0 aliphatic carbocycles. The number of carbonyl (C=O) groups excluding carboxylic acids is 2. The largest absolute Gasteiger partial charge is 0.497 e. The highest BCUT2D eigenvalue weighted by Gasteiger charge is 2.40. The van der Waals surface area contributed by atoms with Gasteiger partial charge < -0.3 is 15.0 Å². The van der Waals surface area contributed by atoms with Gasteiger partial charge in [0, 0.05) is 30.6 Å². The van der Waals surface area contributed by atoms with Gasteiger partial charge in [-0.05, 0) is 49.7 Å². The van der Waals surface area contributed by atoms with Gasteiger partial charge in [-0.25, -0.2) is 4.39 Å². The summed E-state index contributed by atoms with van der Waals surface area (Å²) in [5.74, 6) is -0.730. The molecule has 2 aromatic carbocycles. The van der Waals surface area contributed by atoms with Crippen molar-refractivity contribution in [3.8, 4) is 5.75 Å². The molecule has 1 saturated heterocycles. The maximum atomic E-state index is 13.8. The number of likely N-dealkylation sites (tertiary alicyclic amines) is 1. The number of nitrogens with zero attached hydrogens (tertiary/aromatic N) is 1. The number of hydrogen-bond acceptors (Lipinski definition) is 3. The molecule has 2 aromatic rings. The molecule has 1 fully saturated rings. The molecule has 1 aliphatic rings. The van der Waals surface area contributed by atoms with Gasteiger partial charge in [0.1, 0.15) is 11.6 Å². The minimum Gasteiger partial charge on any atom is -0.497 e. The van der Waals surface area contributed by atoms with Gasteiger partial charge in [0.2, 0.25) is 5.91 Å². The van der Waals surface area contributed by atoms with Gasteiger partial charge in [-0.1, -0.05) is 18.2 Å². The molecule has 0 spiro atoms. The zero-order chi connectivity index (χ0) is 20.3. The minimum atomic E-state index is -0.432. The maximum Gasteiger partial charge on any atom is 0.254 e. The SMILES string of the molecule is COc1cccc(C(=O)N2CC(C(=O)NC(C)C)C(c3cccc(F)c3)C2)c1.